The van der Waals surface area contributed by atoms with Crippen molar-refractivity contribution in [1.29, 1.82) is 10.5 Å². The average Bonchev–Trinajstić information content (AvgIpc) is 4.00. The molecule has 2 amide bonds. The van der Waals surface area contributed by atoms with E-state index in [-0.39, 0.29) is 65.9 Å². The quantitative estimate of drug-likeness (QED) is 0.121. The topological polar surface area (TPSA) is 238 Å². The molecule has 1 saturated heterocycles. The first kappa shape index (κ1) is 45.9. The summed E-state index contributed by atoms with van der Waals surface area (Å²) in [6, 6.07) is 16.9. The third-order valence-corrected chi connectivity index (χ3v) is 12.3. The number of benzene rings is 1. The summed E-state index contributed by atoms with van der Waals surface area (Å²) in [6.07, 6.45) is 4.33. The molecule has 1 aromatic carbocycles. The molecule has 6 aromatic heterocycles. The summed E-state index contributed by atoms with van der Waals surface area (Å²) in [6.45, 7) is 4.39. The van der Waals surface area contributed by atoms with Crippen LogP contribution in [0.15, 0.2) is 84.8 Å². The van der Waals surface area contributed by atoms with Crippen molar-refractivity contribution in [3.05, 3.63) is 141 Å². The molecule has 1 atom stereocenters. The fourth-order valence-electron chi connectivity index (χ4n) is 8.35. The van der Waals surface area contributed by atoms with E-state index in [4.69, 9.17) is 4.98 Å². The van der Waals surface area contributed by atoms with Crippen LogP contribution >= 0.6 is 15.9 Å². The highest BCUT2D eigenvalue weighted by molar-refractivity contribution is 9.10. The number of hydrogen-bond donors (Lipinski definition) is 0. The van der Waals surface area contributed by atoms with Crippen LogP contribution in [-0.2, 0) is 40.3 Å². The van der Waals surface area contributed by atoms with Crippen molar-refractivity contribution in [3.63, 3.8) is 0 Å². The number of imide groups is 1. The van der Waals surface area contributed by atoms with Crippen LogP contribution in [0.3, 0.4) is 0 Å². The zero-order chi connectivity index (χ0) is 48.4. The Morgan fingerprint density at radius 1 is 0.676 bits per heavy atom. The number of pyridine rings is 2. The van der Waals surface area contributed by atoms with Gasteiger partial charge in [0.1, 0.15) is 12.1 Å². The summed E-state index contributed by atoms with van der Waals surface area (Å²) >= 11 is 3.31. The number of aromatic nitrogens is 10. The van der Waals surface area contributed by atoms with Crippen LogP contribution in [0.1, 0.15) is 69.9 Å². The van der Waals surface area contributed by atoms with E-state index in [1.54, 1.807) is 78.6 Å². The Morgan fingerprint density at radius 3 is 1.69 bits per heavy atom. The summed E-state index contributed by atoms with van der Waals surface area (Å²) in [7, 11) is 3.08. The van der Waals surface area contributed by atoms with Crippen LogP contribution in [0.25, 0.3) is 22.3 Å². The van der Waals surface area contributed by atoms with Crippen LogP contribution in [0, 0.1) is 46.3 Å². The SMILES string of the molecule is CC#CCn1c(Br)nc2c1c(=O)n(Cc1ncccc1C#N)c(=O)n2C.CC#CCn1c(N2CCC[C@@H](N3C(=O)c4ccccc4C3=O)C2)nc2c1c(=O)n(Cc1ncccc1C#N)c(=O)n2C. The van der Waals surface area contributed by atoms with E-state index in [9.17, 15) is 39.3 Å². The molecular weight excluding hydrogens is 937 g/mol. The summed E-state index contributed by atoms with van der Waals surface area (Å²) in [4.78, 5) is 100.0. The molecule has 0 N–H and O–H groups in total. The number of halogens is 1. The minimum atomic E-state index is -0.595. The fraction of sp³-hybridized carbons (Fsp3) is 0.277. The van der Waals surface area contributed by atoms with Crippen LogP contribution in [-0.4, -0.2) is 83.2 Å². The molecule has 0 radical (unpaired) electrons. The third-order valence-electron chi connectivity index (χ3n) is 11.7. The lowest BCUT2D eigenvalue weighted by Crippen LogP contribution is -2.50. The minimum absolute atomic E-state index is 0.104. The van der Waals surface area contributed by atoms with Crippen LogP contribution in [0.2, 0.25) is 0 Å². The first-order chi connectivity index (χ1) is 32.8. The van der Waals surface area contributed by atoms with Gasteiger partial charge in [-0.15, -0.1) is 11.8 Å². The molecular formula is C47H39BrN14O6. The summed E-state index contributed by atoms with van der Waals surface area (Å²) < 4.78 is 8.39. The van der Waals surface area contributed by atoms with Gasteiger partial charge in [-0.1, -0.05) is 24.0 Å². The van der Waals surface area contributed by atoms with Crippen molar-refractivity contribution in [2.45, 2.75) is 58.9 Å². The number of amides is 2. The van der Waals surface area contributed by atoms with Gasteiger partial charge in [0.25, 0.3) is 22.9 Å². The molecule has 20 nitrogen and oxygen atoms in total. The van der Waals surface area contributed by atoms with Crippen molar-refractivity contribution >= 4 is 56.0 Å². The highest BCUT2D eigenvalue weighted by Crippen LogP contribution is 2.30. The van der Waals surface area contributed by atoms with Crippen molar-refractivity contribution in [2.24, 2.45) is 14.1 Å². The largest absolute Gasteiger partial charge is 0.340 e. The third kappa shape index (κ3) is 8.05. The van der Waals surface area contributed by atoms with E-state index in [0.29, 0.717) is 64.7 Å². The Balaban J connectivity index is 0.000000206. The number of fused-ring (bicyclic) bond motifs is 3. The van der Waals surface area contributed by atoms with E-state index < -0.39 is 28.5 Å². The standard InChI is InChI=1S/C30H26N8O4.C17H13BrN6O2/c1-3-4-15-36-24-25(34(2)30(42)37(28(24)41)18-23-19(16-31)9-7-13-32-23)33-29(36)35-14-8-10-20(17-35)38-26(39)21-11-5-6-12-22(21)27(38)40;1-3-4-8-23-13-14(21-16(23)18)22(2)17(26)24(15(13)25)10-12-11(9-19)6-5-7-20-12/h5-7,9,11-13,20H,8,10,14-15,17-18H2,1-2H3;5-7H,8,10H2,1-2H3/t20-;/m1./s1. The van der Waals surface area contributed by atoms with E-state index >= 15 is 0 Å². The predicted octanol–water partition coefficient (Wildman–Crippen LogP) is 2.50. The van der Waals surface area contributed by atoms with Crippen LogP contribution in [0.5, 0.6) is 0 Å². The monoisotopic (exact) mass is 974 g/mol. The maximum absolute atomic E-state index is 13.9. The maximum atomic E-state index is 13.9. The smallest absolute Gasteiger partial charge is 0.332 e. The van der Waals surface area contributed by atoms with Gasteiger partial charge in [0, 0.05) is 39.6 Å². The molecule has 8 heterocycles. The molecule has 0 bridgehead atoms. The number of aryl methyl sites for hydroxylation is 2. The second kappa shape index (κ2) is 19.1. The van der Waals surface area contributed by atoms with Gasteiger partial charge in [-0.3, -0.25) is 56.9 Å². The molecule has 0 spiro atoms. The molecule has 2 aliphatic rings. The number of anilines is 1. The van der Waals surface area contributed by atoms with Crippen LogP contribution in [0.4, 0.5) is 5.95 Å². The Bertz CT molecular complexity index is 3670. The molecule has 2 aliphatic heterocycles. The van der Waals surface area contributed by atoms with Gasteiger partial charge in [0.15, 0.2) is 27.1 Å². The number of nitrogens with zero attached hydrogens (tertiary/aromatic N) is 14. The first-order valence-electron chi connectivity index (χ1n) is 21.1. The first-order valence-corrected chi connectivity index (χ1v) is 21.9. The van der Waals surface area contributed by atoms with E-state index in [0.717, 1.165) is 9.13 Å². The van der Waals surface area contributed by atoms with Gasteiger partial charge >= 0.3 is 11.4 Å². The fourth-order valence-corrected chi connectivity index (χ4v) is 8.82. The number of nitriles is 2. The van der Waals surface area contributed by atoms with Crippen molar-refractivity contribution in [1.82, 2.24) is 52.2 Å². The lowest BCUT2D eigenvalue weighted by molar-refractivity contribution is 0.0569. The van der Waals surface area contributed by atoms with Crippen molar-refractivity contribution in [2.75, 3.05) is 18.0 Å². The van der Waals surface area contributed by atoms with E-state index in [1.165, 1.54) is 33.5 Å². The number of piperidine rings is 1. The predicted molar refractivity (Wildman–Crippen MR) is 251 cm³/mol. The summed E-state index contributed by atoms with van der Waals surface area (Å²) in [5, 5.41) is 18.7. The highest BCUT2D eigenvalue weighted by atomic mass is 79.9. The molecule has 7 aromatic rings. The summed E-state index contributed by atoms with van der Waals surface area (Å²) in [5.41, 5.74) is 0.730. The van der Waals surface area contributed by atoms with Gasteiger partial charge in [0.2, 0.25) is 5.95 Å². The van der Waals surface area contributed by atoms with Gasteiger partial charge in [0.05, 0.1) is 65.9 Å². The Hall–Kier alpha value is -8.66. The lowest BCUT2D eigenvalue weighted by Gasteiger charge is -2.37. The number of rotatable bonds is 8. The molecule has 68 heavy (non-hydrogen) atoms. The van der Waals surface area contributed by atoms with Crippen LogP contribution < -0.4 is 27.4 Å². The maximum Gasteiger partial charge on any atom is 0.332 e. The van der Waals surface area contributed by atoms with E-state index in [2.05, 4.69) is 60.6 Å². The number of carbonyl (C=O) groups excluding carboxylic acids is 2. The number of hydrogen-bond acceptors (Lipinski definition) is 13. The number of imidazole rings is 2. The summed E-state index contributed by atoms with van der Waals surface area (Å²) in [5.74, 6) is 11.3. The Kier molecular flexibility index (Phi) is 12.9. The molecule has 21 heteroatoms. The Labute approximate surface area is 394 Å². The second-order valence-corrected chi connectivity index (χ2v) is 16.3. The molecule has 1 fully saturated rings. The zero-order valence-corrected chi connectivity index (χ0v) is 38.7. The zero-order valence-electron chi connectivity index (χ0n) is 37.1. The number of carbonyl (C=O) groups is 2. The Morgan fingerprint density at radius 2 is 1.18 bits per heavy atom. The van der Waals surface area contributed by atoms with Gasteiger partial charge < -0.3 is 9.47 Å². The molecule has 0 unspecified atom stereocenters. The average molecular weight is 976 g/mol. The van der Waals surface area contributed by atoms with Gasteiger partial charge in [-0.25, -0.2) is 14.6 Å². The normalized spacial score (nSPS) is 14.1. The van der Waals surface area contributed by atoms with E-state index in [1.807, 2.05) is 11.0 Å². The highest BCUT2D eigenvalue weighted by Gasteiger charge is 2.42. The molecule has 0 aliphatic carbocycles. The molecule has 340 valence electrons. The van der Waals surface area contributed by atoms with Crippen molar-refractivity contribution < 1.29 is 9.59 Å². The van der Waals surface area contributed by atoms with Gasteiger partial charge in [-0.05, 0) is 79.0 Å². The molecule has 9 rings (SSSR count). The second-order valence-electron chi connectivity index (χ2n) is 15.6. The molecule has 0 saturated carbocycles. The van der Waals surface area contributed by atoms with Gasteiger partial charge in [-0.2, -0.15) is 15.5 Å². The minimum Gasteiger partial charge on any atom is -0.340 e. The lowest BCUT2D eigenvalue weighted by atomic mass is 10.0. The van der Waals surface area contributed by atoms with Crippen molar-refractivity contribution in [3.8, 4) is 35.8 Å².